The molecule has 0 aromatic rings. The van der Waals surface area contributed by atoms with E-state index in [1.807, 2.05) is 20.8 Å². The van der Waals surface area contributed by atoms with Crippen molar-refractivity contribution in [3.63, 3.8) is 0 Å². The Hall–Kier alpha value is -0.563. The molecule has 0 heterocycles. The molecule has 5 atom stereocenters. The number of hydrogen-bond donors (Lipinski definition) is 0. The highest BCUT2D eigenvalue weighted by molar-refractivity contribution is 7.54. The zero-order chi connectivity index (χ0) is 25.5. The predicted molar refractivity (Wildman–Crippen MR) is 136 cm³/mol. The summed E-state index contributed by atoms with van der Waals surface area (Å²) in [4.78, 5) is 12.7. The molecule has 0 aromatic heterocycles. The van der Waals surface area contributed by atoms with Gasteiger partial charge in [0.05, 0.1) is 6.10 Å². The number of ketones is 1. The first-order chi connectivity index (χ1) is 14.5. The average Bonchev–Trinajstić information content (AvgIpc) is 2.71. The number of Topliss-reactive ketones (excluding diaryl/α,β-unsaturated/α-hetero) is 1. The van der Waals surface area contributed by atoms with Gasteiger partial charge in [0.25, 0.3) is 0 Å². The van der Waals surface area contributed by atoms with Gasteiger partial charge in [-0.05, 0) is 31.0 Å². The van der Waals surface area contributed by atoms with E-state index >= 15 is 0 Å². The Morgan fingerprint density at radius 1 is 1.06 bits per heavy atom. The maximum absolute atomic E-state index is 12.7. The van der Waals surface area contributed by atoms with Gasteiger partial charge in [-0.1, -0.05) is 59.3 Å². The fraction of sp³-hybridized carbons (Fsp3) is 0.792. The zero-order valence-electron chi connectivity index (χ0n) is 22.4. The molecule has 0 radical (unpaired) electrons. The maximum atomic E-state index is 12.7. The molecule has 8 heteroatoms. The van der Waals surface area contributed by atoms with Crippen LogP contribution in [0.4, 0.5) is 0 Å². The summed E-state index contributed by atoms with van der Waals surface area (Å²) in [6, 6.07) is 0. The molecule has 0 aliphatic heterocycles. The van der Waals surface area contributed by atoms with Crippen LogP contribution in [0.15, 0.2) is 24.3 Å². The molecule has 0 N–H and O–H groups in total. The molecule has 0 fully saturated rings. The predicted octanol–water partition coefficient (Wildman–Crippen LogP) is 6.49. The molecule has 0 aliphatic carbocycles. The van der Waals surface area contributed by atoms with Gasteiger partial charge < -0.3 is 18.2 Å². The summed E-state index contributed by atoms with van der Waals surface area (Å²) in [6.07, 6.45) is 3.29. The smallest absolute Gasteiger partial charge is 0.337 e. The number of carbonyl (C=O) groups is 1. The maximum Gasteiger partial charge on any atom is 0.337 e. The summed E-state index contributed by atoms with van der Waals surface area (Å²) < 4.78 is 34.7. The lowest BCUT2D eigenvalue weighted by Gasteiger charge is -2.42. The Morgan fingerprint density at radius 3 is 1.94 bits per heavy atom. The normalized spacial score (nSPS) is 18.6. The number of allylic oxidation sites excluding steroid dienone is 1. The third kappa shape index (κ3) is 8.66. The summed E-state index contributed by atoms with van der Waals surface area (Å²) in [6.45, 7) is 23.0. The van der Waals surface area contributed by atoms with Gasteiger partial charge in [0.2, 0.25) is 0 Å². The van der Waals surface area contributed by atoms with E-state index in [2.05, 4.69) is 53.4 Å². The van der Waals surface area contributed by atoms with E-state index in [4.69, 9.17) is 18.2 Å². The monoisotopic (exact) mass is 490 g/mol. The number of rotatable bonds is 14. The fourth-order valence-corrected chi connectivity index (χ4v) is 5.69. The first-order valence-electron chi connectivity index (χ1n) is 11.2. The van der Waals surface area contributed by atoms with Crippen LogP contribution in [-0.4, -0.2) is 53.8 Å². The summed E-state index contributed by atoms with van der Waals surface area (Å²) in [5.41, 5.74) is 1.07. The first kappa shape index (κ1) is 31.4. The Morgan fingerprint density at radius 2 is 1.56 bits per heavy atom. The first-order valence-corrected chi connectivity index (χ1v) is 15.9. The van der Waals surface area contributed by atoms with Crippen LogP contribution in [-0.2, 0) is 27.6 Å². The summed E-state index contributed by atoms with van der Waals surface area (Å²) in [5.74, 6) is -0.458. The Balaban J connectivity index is 5.73. The van der Waals surface area contributed by atoms with Gasteiger partial charge in [-0.2, -0.15) is 0 Å². The minimum absolute atomic E-state index is 0.0367. The van der Waals surface area contributed by atoms with Crippen molar-refractivity contribution in [1.29, 1.82) is 0 Å². The molecule has 0 spiro atoms. The van der Waals surface area contributed by atoms with Crippen molar-refractivity contribution >= 4 is 21.7 Å². The Labute approximate surface area is 197 Å². The highest BCUT2D eigenvalue weighted by Crippen LogP contribution is 2.47. The van der Waals surface area contributed by atoms with Crippen molar-refractivity contribution in [3.05, 3.63) is 24.3 Å². The number of hydrogen-bond acceptors (Lipinski definition) is 6. The van der Waals surface area contributed by atoms with Crippen molar-refractivity contribution in [3.8, 4) is 0 Å². The lowest BCUT2D eigenvalue weighted by atomic mass is 9.84. The van der Waals surface area contributed by atoms with E-state index in [1.54, 1.807) is 13.2 Å². The third-order valence-electron chi connectivity index (χ3n) is 6.99. The number of carbonyl (C=O) groups excluding carboxylic acids is 1. The molecular weight excluding hydrogens is 443 g/mol. The summed E-state index contributed by atoms with van der Waals surface area (Å²) in [7, 11) is -1.16. The van der Waals surface area contributed by atoms with E-state index < -0.39 is 15.9 Å². The standard InChI is InChI=1S/C24H47O6PSi/c1-14-22(27-9)23(30-32(12,13)24(6,7)8)18(3)15-17(2)19(4)20(5)21(25)16-31(26,28-10)29-11/h14-15,18-20,22-23H,1,16H2,2-13H3/b17-15-/t18-,19+,20+,22+,23+/m1/s1. The summed E-state index contributed by atoms with van der Waals surface area (Å²) >= 11 is 0. The Bertz CT molecular complexity index is 689. The lowest BCUT2D eigenvalue weighted by molar-refractivity contribution is -0.121. The lowest BCUT2D eigenvalue weighted by Crippen LogP contribution is -2.49. The molecule has 6 nitrogen and oxygen atoms in total. The fourth-order valence-electron chi connectivity index (χ4n) is 3.23. The quantitative estimate of drug-likeness (QED) is 0.157. The molecular formula is C24H47O6PSi. The van der Waals surface area contributed by atoms with Crippen LogP contribution in [0.1, 0.15) is 48.5 Å². The highest BCUT2D eigenvalue weighted by atomic mass is 31.2. The number of ether oxygens (including phenoxy) is 1. The van der Waals surface area contributed by atoms with Gasteiger partial charge in [-0.25, -0.2) is 0 Å². The van der Waals surface area contributed by atoms with Gasteiger partial charge in [-0.15, -0.1) is 6.58 Å². The SMILES string of the molecule is C=C[C@H](OC)[C@@H](O[Si](C)(C)C(C)(C)C)[C@H](C)/C=C(/C)[C@H](C)[C@H](C)C(=O)CP(=O)(OC)OC. The third-order valence-corrected chi connectivity index (χ3v) is 13.3. The average molecular weight is 491 g/mol. The van der Waals surface area contributed by atoms with E-state index in [-0.39, 0.29) is 46.9 Å². The molecule has 0 saturated heterocycles. The van der Waals surface area contributed by atoms with Crippen molar-refractivity contribution in [2.45, 2.75) is 78.8 Å². The van der Waals surface area contributed by atoms with Gasteiger partial charge in [-0.3, -0.25) is 9.36 Å². The van der Waals surface area contributed by atoms with Gasteiger partial charge >= 0.3 is 7.60 Å². The molecule has 32 heavy (non-hydrogen) atoms. The van der Waals surface area contributed by atoms with Gasteiger partial charge in [0.1, 0.15) is 18.0 Å². The molecule has 188 valence electrons. The minimum atomic E-state index is -3.38. The van der Waals surface area contributed by atoms with Gasteiger partial charge in [0, 0.05) is 33.2 Å². The van der Waals surface area contributed by atoms with Crippen LogP contribution in [0.5, 0.6) is 0 Å². The zero-order valence-corrected chi connectivity index (χ0v) is 24.2. The molecule has 0 rings (SSSR count). The van der Waals surface area contributed by atoms with Crippen molar-refractivity contribution in [2.24, 2.45) is 17.8 Å². The van der Waals surface area contributed by atoms with Crippen molar-refractivity contribution in [1.82, 2.24) is 0 Å². The van der Waals surface area contributed by atoms with E-state index in [0.717, 1.165) is 5.57 Å². The summed E-state index contributed by atoms with van der Waals surface area (Å²) in [5, 5.41) is 0.0635. The topological polar surface area (TPSA) is 71.1 Å². The second-order valence-corrected chi connectivity index (χ2v) is 17.3. The molecule has 0 aromatic carbocycles. The Kier molecular flexibility index (Phi) is 12.6. The van der Waals surface area contributed by atoms with E-state index in [0.29, 0.717) is 0 Å². The van der Waals surface area contributed by atoms with Crippen molar-refractivity contribution < 1.29 is 27.6 Å². The second kappa shape index (κ2) is 12.8. The van der Waals surface area contributed by atoms with E-state index in [1.165, 1.54) is 14.2 Å². The molecule has 0 unspecified atom stereocenters. The second-order valence-electron chi connectivity index (χ2n) is 10.2. The van der Waals surface area contributed by atoms with Crippen LogP contribution in [0.2, 0.25) is 18.1 Å². The van der Waals surface area contributed by atoms with Crippen LogP contribution in [0.25, 0.3) is 0 Å². The number of methoxy groups -OCH3 is 1. The van der Waals surface area contributed by atoms with Crippen LogP contribution in [0.3, 0.4) is 0 Å². The van der Waals surface area contributed by atoms with Crippen LogP contribution in [0, 0.1) is 17.8 Å². The molecule has 0 aliphatic rings. The van der Waals surface area contributed by atoms with Crippen LogP contribution >= 0.6 is 7.60 Å². The molecule has 0 saturated carbocycles. The van der Waals surface area contributed by atoms with Crippen molar-refractivity contribution in [2.75, 3.05) is 27.5 Å². The molecule has 0 amide bonds. The van der Waals surface area contributed by atoms with Gasteiger partial charge in [0.15, 0.2) is 8.32 Å². The largest absolute Gasteiger partial charge is 0.410 e. The molecule has 0 bridgehead atoms. The van der Waals surface area contributed by atoms with E-state index in [9.17, 15) is 9.36 Å². The minimum Gasteiger partial charge on any atom is -0.410 e. The van der Waals surface area contributed by atoms with Crippen LogP contribution < -0.4 is 0 Å². The highest BCUT2D eigenvalue weighted by Gasteiger charge is 2.41.